The lowest BCUT2D eigenvalue weighted by molar-refractivity contribution is -0.137. The molecule has 3 nitrogen and oxygen atoms in total. The number of allylic oxidation sites excluding steroid dienone is 1. The van der Waals surface area contributed by atoms with E-state index in [-0.39, 0.29) is 11.1 Å². The van der Waals surface area contributed by atoms with Crippen molar-refractivity contribution in [1.29, 1.82) is 10.5 Å². The lowest BCUT2D eigenvalue weighted by Gasteiger charge is -2.04. The van der Waals surface area contributed by atoms with Gasteiger partial charge in [-0.1, -0.05) is 12.1 Å². The van der Waals surface area contributed by atoms with Crippen LogP contribution >= 0.6 is 11.3 Å². The molecular formula is C18H8F3N3S. The molecular weight excluding hydrogens is 347 g/mol. The Bertz CT molecular complexity index is 1070. The van der Waals surface area contributed by atoms with Gasteiger partial charge in [-0.05, 0) is 42.0 Å². The number of rotatable bonds is 2. The number of benzene rings is 2. The predicted molar refractivity (Wildman–Crippen MR) is 89.3 cm³/mol. The summed E-state index contributed by atoms with van der Waals surface area (Å²) < 4.78 is 38.9. The Hall–Kier alpha value is -3.16. The fourth-order valence-electron chi connectivity index (χ4n) is 2.23. The number of halogens is 3. The van der Waals surface area contributed by atoms with Crippen LogP contribution in [0.2, 0.25) is 0 Å². The van der Waals surface area contributed by atoms with Crippen LogP contribution in [0.15, 0.2) is 42.5 Å². The van der Waals surface area contributed by atoms with E-state index in [0.29, 0.717) is 20.8 Å². The van der Waals surface area contributed by atoms with E-state index in [0.717, 1.165) is 23.5 Å². The molecule has 0 aliphatic heterocycles. The maximum absolute atomic E-state index is 12.8. The number of aromatic nitrogens is 1. The molecule has 3 aromatic rings. The number of nitriles is 2. The molecule has 0 fully saturated rings. The van der Waals surface area contributed by atoms with Crippen LogP contribution in [0.25, 0.3) is 21.9 Å². The zero-order valence-electron chi connectivity index (χ0n) is 12.5. The molecule has 7 heteroatoms. The van der Waals surface area contributed by atoms with E-state index in [1.165, 1.54) is 6.07 Å². The minimum atomic E-state index is -4.44. The average molecular weight is 355 g/mol. The third-order valence-electron chi connectivity index (χ3n) is 3.39. The smallest absolute Gasteiger partial charge is 0.235 e. The largest absolute Gasteiger partial charge is 0.416 e. The van der Waals surface area contributed by atoms with Gasteiger partial charge in [0.15, 0.2) is 0 Å². The summed E-state index contributed by atoms with van der Waals surface area (Å²) in [7, 11) is 0. The van der Waals surface area contributed by atoms with E-state index in [1.54, 1.807) is 30.3 Å². The van der Waals surface area contributed by atoms with Crippen molar-refractivity contribution >= 4 is 33.2 Å². The van der Waals surface area contributed by atoms with Gasteiger partial charge in [-0.3, -0.25) is 0 Å². The summed E-state index contributed by atoms with van der Waals surface area (Å²) in [5, 5.41) is 18.6. The van der Waals surface area contributed by atoms with E-state index >= 15 is 0 Å². The monoisotopic (exact) mass is 355 g/mol. The molecule has 0 aliphatic carbocycles. The van der Waals surface area contributed by atoms with E-state index in [4.69, 9.17) is 5.26 Å². The van der Waals surface area contributed by atoms with Crippen LogP contribution in [0.3, 0.4) is 0 Å². The zero-order valence-corrected chi connectivity index (χ0v) is 13.3. The number of alkyl halides is 3. The van der Waals surface area contributed by atoms with Crippen molar-refractivity contribution < 1.29 is 13.2 Å². The number of fused-ring (bicyclic) bond motifs is 1. The molecule has 0 amide bonds. The summed E-state index contributed by atoms with van der Waals surface area (Å²) in [6, 6.07) is 14.0. The lowest BCUT2D eigenvalue weighted by Crippen LogP contribution is -2.03. The van der Waals surface area contributed by atoms with Crippen molar-refractivity contribution in [2.24, 2.45) is 0 Å². The predicted octanol–water partition coefficient (Wildman–Crippen LogP) is 5.25. The van der Waals surface area contributed by atoms with Crippen molar-refractivity contribution in [3.63, 3.8) is 0 Å². The van der Waals surface area contributed by atoms with Gasteiger partial charge in [-0.2, -0.15) is 23.7 Å². The van der Waals surface area contributed by atoms with Crippen molar-refractivity contribution in [2.75, 3.05) is 0 Å². The van der Waals surface area contributed by atoms with Gasteiger partial charge >= 0.3 is 6.18 Å². The second kappa shape index (κ2) is 6.39. The van der Waals surface area contributed by atoms with Gasteiger partial charge in [-0.25, -0.2) is 4.98 Å². The Morgan fingerprint density at radius 3 is 2.60 bits per heavy atom. The molecule has 0 aliphatic rings. The first-order chi connectivity index (χ1) is 11.9. The second-order valence-electron chi connectivity index (χ2n) is 5.11. The maximum Gasteiger partial charge on any atom is 0.416 e. The highest BCUT2D eigenvalue weighted by Gasteiger charge is 2.30. The van der Waals surface area contributed by atoms with Crippen LogP contribution < -0.4 is 0 Å². The quantitative estimate of drug-likeness (QED) is 0.590. The highest BCUT2D eigenvalue weighted by Crippen LogP contribution is 2.34. The van der Waals surface area contributed by atoms with Gasteiger partial charge in [0.25, 0.3) is 0 Å². The van der Waals surface area contributed by atoms with Gasteiger partial charge in [0.05, 0.1) is 33.0 Å². The lowest BCUT2D eigenvalue weighted by atomic mass is 10.1. The molecule has 0 saturated heterocycles. The van der Waals surface area contributed by atoms with Gasteiger partial charge in [0, 0.05) is 0 Å². The Morgan fingerprint density at radius 2 is 1.92 bits per heavy atom. The van der Waals surface area contributed by atoms with Crippen LogP contribution in [-0.2, 0) is 6.18 Å². The first-order valence-corrected chi connectivity index (χ1v) is 7.82. The summed E-state index contributed by atoms with van der Waals surface area (Å²) in [4.78, 5) is 4.16. The van der Waals surface area contributed by atoms with Gasteiger partial charge in [0.2, 0.25) is 0 Å². The van der Waals surface area contributed by atoms with Crippen molar-refractivity contribution in [3.8, 4) is 12.1 Å². The van der Waals surface area contributed by atoms with Crippen LogP contribution in [-0.4, -0.2) is 4.98 Å². The summed E-state index contributed by atoms with van der Waals surface area (Å²) in [5.41, 5.74) is 0.739. The Kier molecular flexibility index (Phi) is 4.26. The summed E-state index contributed by atoms with van der Waals surface area (Å²) in [6.45, 7) is 0. The number of thiazole rings is 1. The molecule has 0 bridgehead atoms. The molecule has 1 aromatic heterocycles. The van der Waals surface area contributed by atoms with Crippen molar-refractivity contribution in [3.05, 3.63) is 64.2 Å². The number of hydrogen-bond donors (Lipinski definition) is 0. The first kappa shape index (κ1) is 16.7. The molecule has 0 unspecified atom stereocenters. The fraction of sp³-hybridized carbons (Fsp3) is 0.0556. The van der Waals surface area contributed by atoms with Gasteiger partial charge < -0.3 is 0 Å². The van der Waals surface area contributed by atoms with Gasteiger partial charge in [-0.15, -0.1) is 11.3 Å². The minimum absolute atomic E-state index is 0.196. The molecule has 0 saturated carbocycles. The maximum atomic E-state index is 12.8. The van der Waals surface area contributed by atoms with Crippen LogP contribution in [0.5, 0.6) is 0 Å². The van der Waals surface area contributed by atoms with E-state index in [2.05, 4.69) is 4.98 Å². The third kappa shape index (κ3) is 3.52. The van der Waals surface area contributed by atoms with E-state index in [1.807, 2.05) is 12.1 Å². The molecule has 0 spiro atoms. The van der Waals surface area contributed by atoms with Gasteiger partial charge in [0.1, 0.15) is 11.1 Å². The molecule has 122 valence electrons. The fourth-order valence-corrected chi connectivity index (χ4v) is 3.14. The Labute approximate surface area is 144 Å². The van der Waals surface area contributed by atoms with Crippen LogP contribution in [0.4, 0.5) is 13.2 Å². The Balaban J connectivity index is 2.05. The summed E-state index contributed by atoms with van der Waals surface area (Å²) in [6.07, 6.45) is -2.88. The highest BCUT2D eigenvalue weighted by molar-refractivity contribution is 7.19. The van der Waals surface area contributed by atoms with Crippen LogP contribution in [0, 0.1) is 22.7 Å². The van der Waals surface area contributed by atoms with E-state index in [9.17, 15) is 18.4 Å². The van der Waals surface area contributed by atoms with Crippen molar-refractivity contribution in [2.45, 2.75) is 6.18 Å². The zero-order chi connectivity index (χ0) is 18.0. The highest BCUT2D eigenvalue weighted by atomic mass is 32.1. The topological polar surface area (TPSA) is 60.5 Å². The SMILES string of the molecule is N#C/C(=C\c1cccc(C#N)c1)c1nc2cc(C(F)(F)F)ccc2s1. The normalized spacial score (nSPS) is 12.0. The molecule has 0 atom stereocenters. The minimum Gasteiger partial charge on any atom is -0.235 e. The molecule has 0 radical (unpaired) electrons. The number of nitrogens with zero attached hydrogens (tertiary/aromatic N) is 3. The molecule has 0 N–H and O–H groups in total. The third-order valence-corrected chi connectivity index (χ3v) is 4.46. The molecule has 1 heterocycles. The van der Waals surface area contributed by atoms with Crippen LogP contribution in [0.1, 0.15) is 21.7 Å². The molecule has 2 aromatic carbocycles. The molecule has 3 rings (SSSR count). The summed E-state index contributed by atoms with van der Waals surface area (Å²) >= 11 is 1.14. The second-order valence-corrected chi connectivity index (χ2v) is 6.14. The Morgan fingerprint density at radius 1 is 1.12 bits per heavy atom. The van der Waals surface area contributed by atoms with E-state index < -0.39 is 11.7 Å². The number of hydrogen-bond acceptors (Lipinski definition) is 4. The molecule has 25 heavy (non-hydrogen) atoms. The standard InChI is InChI=1S/C18H8F3N3S/c19-18(20,21)14-4-5-16-15(8-14)24-17(25-16)13(10-23)7-11-2-1-3-12(6-11)9-22/h1-8H/b13-7+. The first-order valence-electron chi connectivity index (χ1n) is 7.01. The van der Waals surface area contributed by atoms with Crippen molar-refractivity contribution in [1.82, 2.24) is 4.98 Å². The summed E-state index contributed by atoms with van der Waals surface area (Å²) in [5.74, 6) is 0. The average Bonchev–Trinajstić information content (AvgIpc) is 3.02.